The third-order valence-electron chi connectivity index (χ3n) is 2.70. The molecule has 108 valence electrons. The third-order valence-corrected chi connectivity index (χ3v) is 2.70. The van der Waals surface area contributed by atoms with Crippen LogP contribution in [0.1, 0.15) is 27.6 Å². The lowest BCUT2D eigenvalue weighted by Crippen LogP contribution is -2.55. The van der Waals surface area contributed by atoms with Gasteiger partial charge in [-0.15, -0.1) is 0 Å². The number of carbonyl (C=O) groups excluding carboxylic acids is 2. The zero-order valence-corrected chi connectivity index (χ0v) is 11.2. The van der Waals surface area contributed by atoms with Gasteiger partial charge in [-0.1, -0.05) is 6.07 Å². The number of methoxy groups -OCH3 is 1. The lowest BCUT2D eigenvalue weighted by atomic mass is 10.0. The van der Waals surface area contributed by atoms with Gasteiger partial charge in [-0.2, -0.15) is 0 Å². The highest BCUT2D eigenvalue weighted by atomic mass is 16.5. The number of benzene rings is 1. The van der Waals surface area contributed by atoms with Crippen molar-refractivity contribution in [1.82, 2.24) is 5.32 Å². The summed E-state index contributed by atoms with van der Waals surface area (Å²) in [6, 6.07) is 5.71. The zero-order chi connectivity index (χ0) is 15.3. The van der Waals surface area contributed by atoms with Crippen LogP contribution in [0.2, 0.25) is 0 Å². The van der Waals surface area contributed by atoms with Crippen molar-refractivity contribution in [3.8, 4) is 0 Å². The van der Waals surface area contributed by atoms with Gasteiger partial charge in [0.1, 0.15) is 0 Å². The largest absolute Gasteiger partial charge is 0.479 e. The van der Waals surface area contributed by atoms with Gasteiger partial charge in [0.2, 0.25) is 5.91 Å². The summed E-state index contributed by atoms with van der Waals surface area (Å²) in [4.78, 5) is 34.3. The van der Waals surface area contributed by atoms with Crippen LogP contribution in [-0.4, -0.2) is 42.1 Å². The van der Waals surface area contributed by atoms with E-state index in [0.29, 0.717) is 0 Å². The zero-order valence-electron chi connectivity index (χ0n) is 11.2. The number of amides is 2. The molecule has 0 radical (unpaired) electrons. The van der Waals surface area contributed by atoms with E-state index in [1.807, 2.05) is 0 Å². The molecule has 0 aliphatic rings. The molecular weight excluding hydrogens is 264 g/mol. The fourth-order valence-electron chi connectivity index (χ4n) is 1.58. The van der Waals surface area contributed by atoms with Crippen LogP contribution in [0.5, 0.6) is 0 Å². The van der Waals surface area contributed by atoms with Crippen molar-refractivity contribution < 1.29 is 24.2 Å². The first-order valence-corrected chi connectivity index (χ1v) is 5.75. The molecule has 0 saturated carbocycles. The summed E-state index contributed by atoms with van der Waals surface area (Å²) >= 11 is 0. The van der Waals surface area contributed by atoms with Crippen molar-refractivity contribution in [2.75, 3.05) is 13.7 Å². The third kappa shape index (κ3) is 3.55. The molecule has 0 aliphatic carbocycles. The van der Waals surface area contributed by atoms with Crippen LogP contribution in [0.15, 0.2) is 24.3 Å². The van der Waals surface area contributed by atoms with E-state index in [0.717, 1.165) is 0 Å². The van der Waals surface area contributed by atoms with E-state index in [1.165, 1.54) is 38.3 Å². The molecule has 0 bridgehead atoms. The number of carbonyl (C=O) groups is 3. The molecule has 1 aromatic rings. The minimum Gasteiger partial charge on any atom is -0.479 e. The fraction of sp³-hybridized carbons (Fsp3) is 0.308. The summed E-state index contributed by atoms with van der Waals surface area (Å²) in [5.41, 5.74) is 3.87. The highest BCUT2D eigenvalue weighted by molar-refractivity contribution is 6.00. The van der Waals surface area contributed by atoms with E-state index in [4.69, 9.17) is 15.6 Å². The van der Waals surface area contributed by atoms with Crippen LogP contribution in [0.25, 0.3) is 0 Å². The van der Waals surface area contributed by atoms with Gasteiger partial charge in [0, 0.05) is 18.2 Å². The van der Waals surface area contributed by atoms with Gasteiger partial charge in [0.15, 0.2) is 5.54 Å². The molecule has 2 amide bonds. The average molecular weight is 280 g/mol. The molecule has 1 unspecified atom stereocenters. The summed E-state index contributed by atoms with van der Waals surface area (Å²) in [6.45, 7) is 1.14. The predicted molar refractivity (Wildman–Crippen MR) is 70.3 cm³/mol. The first kappa shape index (κ1) is 15.6. The summed E-state index contributed by atoms with van der Waals surface area (Å²) in [7, 11) is 1.33. The van der Waals surface area contributed by atoms with Gasteiger partial charge >= 0.3 is 5.97 Å². The van der Waals surface area contributed by atoms with Crippen LogP contribution < -0.4 is 11.1 Å². The Morgan fingerprint density at radius 3 is 2.45 bits per heavy atom. The maximum Gasteiger partial charge on any atom is 0.331 e. The number of ether oxygens (including phenoxy) is 1. The molecule has 0 saturated heterocycles. The highest BCUT2D eigenvalue weighted by Gasteiger charge is 2.35. The molecule has 20 heavy (non-hydrogen) atoms. The molecule has 7 heteroatoms. The number of aliphatic carboxylic acids is 1. The molecule has 0 spiro atoms. The van der Waals surface area contributed by atoms with Crippen molar-refractivity contribution >= 4 is 17.8 Å². The number of carboxylic acids is 1. The van der Waals surface area contributed by atoms with Crippen molar-refractivity contribution in [2.24, 2.45) is 5.73 Å². The Hall–Kier alpha value is -2.41. The lowest BCUT2D eigenvalue weighted by molar-refractivity contribution is -0.145. The molecule has 0 heterocycles. The number of hydrogen-bond donors (Lipinski definition) is 3. The summed E-state index contributed by atoms with van der Waals surface area (Å²) < 4.78 is 4.80. The van der Waals surface area contributed by atoms with Gasteiger partial charge in [-0.25, -0.2) is 4.79 Å². The van der Waals surface area contributed by atoms with E-state index in [2.05, 4.69) is 5.32 Å². The van der Waals surface area contributed by atoms with Crippen LogP contribution >= 0.6 is 0 Å². The van der Waals surface area contributed by atoms with Crippen LogP contribution in [-0.2, 0) is 9.53 Å². The molecule has 1 rings (SSSR count). The van der Waals surface area contributed by atoms with E-state index >= 15 is 0 Å². The molecule has 0 aromatic heterocycles. The summed E-state index contributed by atoms with van der Waals surface area (Å²) in [5.74, 6) is -2.52. The Kier molecular flexibility index (Phi) is 4.82. The Labute approximate surface area is 115 Å². The molecule has 4 N–H and O–H groups in total. The SMILES string of the molecule is COCC(C)(NC(=O)c1cccc(C(N)=O)c1)C(=O)O. The standard InChI is InChI=1S/C13H16N2O5/c1-13(7-20-2,12(18)19)15-11(17)9-5-3-4-8(6-9)10(14)16/h3-6H,7H2,1-2H3,(H2,14,16)(H,15,17)(H,18,19). The number of primary amides is 1. The topological polar surface area (TPSA) is 119 Å². The highest BCUT2D eigenvalue weighted by Crippen LogP contribution is 2.09. The Morgan fingerprint density at radius 1 is 1.35 bits per heavy atom. The number of rotatable bonds is 6. The predicted octanol–water partition coefficient (Wildman–Crippen LogP) is 0.00500. The Balaban J connectivity index is 2.98. The second-order valence-corrected chi connectivity index (χ2v) is 4.47. The first-order valence-electron chi connectivity index (χ1n) is 5.75. The molecular formula is C13H16N2O5. The van der Waals surface area contributed by atoms with Crippen LogP contribution in [0, 0.1) is 0 Å². The van der Waals surface area contributed by atoms with E-state index in [1.54, 1.807) is 0 Å². The number of hydrogen-bond acceptors (Lipinski definition) is 4. The average Bonchev–Trinajstić information content (AvgIpc) is 2.38. The van der Waals surface area contributed by atoms with Crippen LogP contribution in [0.3, 0.4) is 0 Å². The summed E-state index contributed by atoms with van der Waals surface area (Å²) in [5, 5.41) is 11.5. The van der Waals surface area contributed by atoms with E-state index in [9.17, 15) is 14.4 Å². The molecule has 1 atom stereocenters. The number of nitrogens with one attached hydrogen (secondary N) is 1. The normalized spacial score (nSPS) is 13.3. The second-order valence-electron chi connectivity index (χ2n) is 4.47. The maximum atomic E-state index is 12.0. The fourth-order valence-corrected chi connectivity index (χ4v) is 1.58. The maximum absolute atomic E-state index is 12.0. The minimum atomic E-state index is -1.56. The summed E-state index contributed by atoms with van der Waals surface area (Å²) in [6.07, 6.45) is 0. The molecule has 0 aliphatic heterocycles. The molecule has 0 fully saturated rings. The van der Waals surface area contributed by atoms with Gasteiger partial charge in [-0.3, -0.25) is 9.59 Å². The van der Waals surface area contributed by atoms with E-state index in [-0.39, 0.29) is 17.7 Å². The smallest absolute Gasteiger partial charge is 0.331 e. The Bertz CT molecular complexity index is 543. The van der Waals surface area contributed by atoms with Gasteiger partial charge < -0.3 is 20.9 Å². The lowest BCUT2D eigenvalue weighted by Gasteiger charge is -2.25. The first-order chi connectivity index (χ1) is 9.30. The quantitative estimate of drug-likeness (QED) is 0.678. The van der Waals surface area contributed by atoms with E-state index < -0.39 is 23.3 Å². The monoisotopic (exact) mass is 280 g/mol. The van der Waals surface area contributed by atoms with Gasteiger partial charge in [0.25, 0.3) is 5.91 Å². The van der Waals surface area contributed by atoms with Crippen molar-refractivity contribution in [3.05, 3.63) is 35.4 Å². The van der Waals surface area contributed by atoms with Gasteiger partial charge in [-0.05, 0) is 25.1 Å². The number of carboxylic acid groups (broad SMARTS) is 1. The second kappa shape index (κ2) is 6.16. The van der Waals surface area contributed by atoms with Crippen molar-refractivity contribution in [3.63, 3.8) is 0 Å². The Morgan fingerprint density at radius 2 is 1.95 bits per heavy atom. The van der Waals surface area contributed by atoms with Crippen LogP contribution in [0.4, 0.5) is 0 Å². The molecule has 1 aromatic carbocycles. The van der Waals surface area contributed by atoms with Gasteiger partial charge in [0.05, 0.1) is 6.61 Å². The number of nitrogens with two attached hydrogens (primary N) is 1. The minimum absolute atomic E-state index is 0.143. The van der Waals surface area contributed by atoms with Crippen molar-refractivity contribution in [2.45, 2.75) is 12.5 Å². The van der Waals surface area contributed by atoms with Crippen molar-refractivity contribution in [1.29, 1.82) is 0 Å². The molecule has 7 nitrogen and oxygen atoms in total.